The van der Waals surface area contributed by atoms with E-state index in [9.17, 15) is 0 Å². The summed E-state index contributed by atoms with van der Waals surface area (Å²) in [5.41, 5.74) is 6.07. The third kappa shape index (κ3) is 1.99. The number of guanidine groups is 1. The van der Waals surface area contributed by atoms with Crippen molar-refractivity contribution in [2.24, 2.45) is 10.7 Å². The number of nitrogens with two attached hydrogens (primary N) is 1. The monoisotopic (exact) mass is 313 g/mol. The summed E-state index contributed by atoms with van der Waals surface area (Å²) in [5, 5.41) is 2.13. The molecule has 2 aliphatic rings. The molecule has 5 heteroatoms. The van der Waals surface area contributed by atoms with Gasteiger partial charge in [-0.15, -0.1) is 11.3 Å². The van der Waals surface area contributed by atoms with Crippen LogP contribution in [0, 0.1) is 0 Å². The van der Waals surface area contributed by atoms with Gasteiger partial charge in [-0.2, -0.15) is 0 Å². The SMILES string of the molecule is NC1=NCC(c2sccc2Br)N1C1CCCC1. The molecule has 1 aliphatic heterocycles. The Morgan fingerprint density at radius 3 is 2.82 bits per heavy atom. The van der Waals surface area contributed by atoms with Crippen LogP contribution in [0.3, 0.4) is 0 Å². The quantitative estimate of drug-likeness (QED) is 0.911. The normalized spacial score (nSPS) is 25.6. The number of aliphatic imine (C=N–C) groups is 1. The van der Waals surface area contributed by atoms with E-state index in [0.29, 0.717) is 12.1 Å². The number of thiophene rings is 1. The standard InChI is InChI=1S/C12H16BrN3S/c13-9-5-6-17-11(9)10-7-15-12(14)16(10)8-3-1-2-4-8/h5-6,8,10H,1-4,7H2,(H2,14,15). The van der Waals surface area contributed by atoms with Crippen LogP contribution in [-0.2, 0) is 0 Å². The number of hydrogen-bond acceptors (Lipinski definition) is 4. The molecule has 1 aromatic rings. The predicted molar refractivity (Wildman–Crippen MR) is 75.3 cm³/mol. The van der Waals surface area contributed by atoms with E-state index in [1.807, 2.05) is 0 Å². The molecule has 1 unspecified atom stereocenters. The van der Waals surface area contributed by atoms with Crippen molar-refractivity contribution in [3.05, 3.63) is 20.8 Å². The van der Waals surface area contributed by atoms with Crippen molar-refractivity contribution in [3.63, 3.8) is 0 Å². The van der Waals surface area contributed by atoms with Crippen LogP contribution in [0.25, 0.3) is 0 Å². The maximum atomic E-state index is 6.07. The molecule has 92 valence electrons. The Bertz CT molecular complexity index is 437. The van der Waals surface area contributed by atoms with Gasteiger partial charge in [0.1, 0.15) is 0 Å². The molecule has 0 bridgehead atoms. The molecule has 17 heavy (non-hydrogen) atoms. The summed E-state index contributed by atoms with van der Waals surface area (Å²) in [6.07, 6.45) is 5.17. The maximum absolute atomic E-state index is 6.07. The molecule has 1 atom stereocenters. The number of hydrogen-bond donors (Lipinski definition) is 1. The minimum absolute atomic E-state index is 0.354. The summed E-state index contributed by atoms with van der Waals surface area (Å²) < 4.78 is 1.19. The number of rotatable bonds is 2. The van der Waals surface area contributed by atoms with Crippen molar-refractivity contribution in [3.8, 4) is 0 Å². The zero-order chi connectivity index (χ0) is 11.8. The summed E-state index contributed by atoms with van der Waals surface area (Å²) in [6.45, 7) is 0.807. The molecule has 2 N–H and O–H groups in total. The van der Waals surface area contributed by atoms with Crippen LogP contribution >= 0.6 is 27.3 Å². The van der Waals surface area contributed by atoms with Crippen molar-refractivity contribution in [1.82, 2.24) is 4.90 Å². The lowest BCUT2D eigenvalue weighted by molar-refractivity contribution is 0.264. The van der Waals surface area contributed by atoms with E-state index < -0.39 is 0 Å². The first-order chi connectivity index (χ1) is 8.27. The zero-order valence-corrected chi connectivity index (χ0v) is 12.0. The van der Waals surface area contributed by atoms with E-state index in [1.165, 1.54) is 35.0 Å². The van der Waals surface area contributed by atoms with Gasteiger partial charge in [0.15, 0.2) is 5.96 Å². The van der Waals surface area contributed by atoms with Gasteiger partial charge in [0, 0.05) is 15.4 Å². The molecule has 0 spiro atoms. The van der Waals surface area contributed by atoms with Crippen molar-refractivity contribution >= 4 is 33.2 Å². The van der Waals surface area contributed by atoms with Crippen molar-refractivity contribution < 1.29 is 0 Å². The molecular weight excluding hydrogens is 298 g/mol. The molecule has 3 rings (SSSR count). The highest BCUT2D eigenvalue weighted by Crippen LogP contribution is 2.39. The molecule has 0 amide bonds. The van der Waals surface area contributed by atoms with Crippen molar-refractivity contribution in [2.75, 3.05) is 6.54 Å². The smallest absolute Gasteiger partial charge is 0.192 e. The highest BCUT2D eigenvalue weighted by molar-refractivity contribution is 9.10. The van der Waals surface area contributed by atoms with E-state index in [2.05, 4.69) is 37.3 Å². The number of nitrogens with zero attached hydrogens (tertiary/aromatic N) is 2. The molecule has 2 heterocycles. The average Bonchev–Trinajstić information content (AvgIpc) is 2.98. The Balaban J connectivity index is 1.88. The molecule has 0 aromatic carbocycles. The number of halogens is 1. The highest BCUT2D eigenvalue weighted by Gasteiger charge is 2.35. The first kappa shape index (κ1) is 11.5. The van der Waals surface area contributed by atoms with Gasteiger partial charge in [-0.05, 0) is 40.2 Å². The van der Waals surface area contributed by atoms with Crippen molar-refractivity contribution in [2.45, 2.75) is 37.8 Å². The molecule has 1 fully saturated rings. The van der Waals surface area contributed by atoms with Gasteiger partial charge < -0.3 is 10.6 Å². The second kappa shape index (κ2) is 4.61. The fourth-order valence-corrected chi connectivity index (χ4v) is 4.61. The Morgan fingerprint density at radius 2 is 2.18 bits per heavy atom. The van der Waals surface area contributed by atoms with Gasteiger partial charge >= 0.3 is 0 Å². The Kier molecular flexibility index (Phi) is 3.13. The van der Waals surface area contributed by atoms with Crippen LogP contribution in [-0.4, -0.2) is 23.4 Å². The minimum Gasteiger partial charge on any atom is -0.370 e. The van der Waals surface area contributed by atoms with Crippen LogP contribution in [0.5, 0.6) is 0 Å². The molecule has 1 aromatic heterocycles. The molecule has 0 saturated heterocycles. The summed E-state index contributed by atoms with van der Waals surface area (Å²) in [6, 6.07) is 3.06. The average molecular weight is 314 g/mol. The van der Waals surface area contributed by atoms with Gasteiger partial charge in [-0.1, -0.05) is 12.8 Å². The van der Waals surface area contributed by atoms with Gasteiger partial charge in [-0.3, -0.25) is 4.99 Å². The summed E-state index contributed by atoms with van der Waals surface area (Å²) in [7, 11) is 0. The van der Waals surface area contributed by atoms with Crippen LogP contribution < -0.4 is 5.73 Å². The summed E-state index contributed by atoms with van der Waals surface area (Å²) in [5.74, 6) is 0.738. The lowest BCUT2D eigenvalue weighted by Crippen LogP contribution is -2.42. The Morgan fingerprint density at radius 1 is 1.41 bits per heavy atom. The third-order valence-corrected chi connectivity index (χ3v) is 5.66. The topological polar surface area (TPSA) is 41.6 Å². The van der Waals surface area contributed by atoms with Crippen LogP contribution in [0.1, 0.15) is 36.6 Å². The van der Waals surface area contributed by atoms with Gasteiger partial charge in [-0.25, -0.2) is 0 Å². The first-order valence-electron chi connectivity index (χ1n) is 6.08. The fourth-order valence-electron chi connectivity index (χ4n) is 2.89. The lowest BCUT2D eigenvalue weighted by Gasteiger charge is -2.31. The van der Waals surface area contributed by atoms with E-state index in [1.54, 1.807) is 11.3 Å². The summed E-state index contributed by atoms with van der Waals surface area (Å²) >= 11 is 5.42. The van der Waals surface area contributed by atoms with Gasteiger partial charge in [0.2, 0.25) is 0 Å². The van der Waals surface area contributed by atoms with E-state index >= 15 is 0 Å². The van der Waals surface area contributed by atoms with E-state index in [4.69, 9.17) is 5.73 Å². The Hall–Kier alpha value is -0.550. The second-order valence-electron chi connectivity index (χ2n) is 4.69. The first-order valence-corrected chi connectivity index (χ1v) is 7.76. The third-order valence-electron chi connectivity index (χ3n) is 3.69. The van der Waals surface area contributed by atoms with E-state index in [-0.39, 0.29) is 0 Å². The van der Waals surface area contributed by atoms with Crippen LogP contribution in [0.4, 0.5) is 0 Å². The molecule has 1 aliphatic carbocycles. The van der Waals surface area contributed by atoms with E-state index in [0.717, 1.165) is 12.5 Å². The Labute approximate surface area is 114 Å². The van der Waals surface area contributed by atoms with Crippen LogP contribution in [0.15, 0.2) is 20.9 Å². The highest BCUT2D eigenvalue weighted by atomic mass is 79.9. The molecule has 3 nitrogen and oxygen atoms in total. The van der Waals surface area contributed by atoms with Crippen LogP contribution in [0.2, 0.25) is 0 Å². The predicted octanol–water partition coefficient (Wildman–Crippen LogP) is 3.12. The molecular formula is C12H16BrN3S. The van der Waals surface area contributed by atoms with Crippen molar-refractivity contribution in [1.29, 1.82) is 0 Å². The maximum Gasteiger partial charge on any atom is 0.192 e. The fraction of sp³-hybridized carbons (Fsp3) is 0.583. The minimum atomic E-state index is 0.354. The van der Waals surface area contributed by atoms with Gasteiger partial charge in [0.25, 0.3) is 0 Å². The molecule has 1 saturated carbocycles. The summed E-state index contributed by atoms with van der Waals surface area (Å²) in [4.78, 5) is 8.16. The largest absolute Gasteiger partial charge is 0.370 e. The van der Waals surface area contributed by atoms with Gasteiger partial charge in [0.05, 0.1) is 12.6 Å². The molecule has 0 radical (unpaired) electrons. The second-order valence-corrected chi connectivity index (χ2v) is 6.50. The lowest BCUT2D eigenvalue weighted by atomic mass is 10.1. The zero-order valence-electron chi connectivity index (χ0n) is 9.60.